The van der Waals surface area contributed by atoms with Gasteiger partial charge in [0, 0.05) is 0 Å². The third-order valence-electron chi connectivity index (χ3n) is 1.78. The van der Waals surface area contributed by atoms with Crippen molar-refractivity contribution in [2.75, 3.05) is 6.54 Å². The molecule has 0 atom stereocenters. The van der Waals surface area contributed by atoms with Gasteiger partial charge in [-0.05, 0) is 26.8 Å². The van der Waals surface area contributed by atoms with Crippen molar-refractivity contribution in [3.63, 3.8) is 0 Å². The number of halogens is 1. The Morgan fingerprint density at radius 3 is 2.82 bits per heavy atom. The van der Waals surface area contributed by atoms with Gasteiger partial charge in [0.25, 0.3) is 0 Å². The number of nitrogens with zero attached hydrogens (tertiary/aromatic N) is 2. The summed E-state index contributed by atoms with van der Waals surface area (Å²) in [6.45, 7) is 5.66. The molecule has 92 valence electrons. The van der Waals surface area contributed by atoms with Gasteiger partial charge in [-0.15, -0.1) is 0 Å². The zero-order valence-electron chi connectivity index (χ0n) is 9.95. The van der Waals surface area contributed by atoms with E-state index in [1.165, 1.54) is 5.01 Å². The van der Waals surface area contributed by atoms with Crippen LogP contribution in [0.25, 0.3) is 0 Å². The molecule has 0 aromatic carbocycles. The van der Waals surface area contributed by atoms with Gasteiger partial charge < -0.3 is 4.74 Å². The predicted molar refractivity (Wildman–Crippen MR) is 63.7 cm³/mol. The highest BCUT2D eigenvalue weighted by atomic mass is 35.5. The summed E-state index contributed by atoms with van der Waals surface area (Å²) in [5.74, 6) is 0. The number of hydrogen-bond donors (Lipinski definition) is 1. The first-order valence-corrected chi connectivity index (χ1v) is 5.45. The van der Waals surface area contributed by atoms with E-state index >= 15 is 0 Å². The summed E-state index contributed by atoms with van der Waals surface area (Å²) in [4.78, 5) is 11.5. The van der Waals surface area contributed by atoms with E-state index in [1.807, 2.05) is 6.07 Å². The first kappa shape index (κ1) is 13.4. The molecule has 0 saturated carbocycles. The molecule has 5 nitrogen and oxygen atoms in total. The minimum atomic E-state index is -0.620. The molecule has 6 heteroatoms. The molecule has 1 aliphatic heterocycles. The number of hydrazine groups is 1. The van der Waals surface area contributed by atoms with Crippen molar-refractivity contribution in [3.05, 3.63) is 22.9 Å². The molecular weight excluding hydrogens is 242 g/mol. The summed E-state index contributed by atoms with van der Waals surface area (Å²) in [5.41, 5.74) is 2.07. The van der Waals surface area contributed by atoms with Crippen LogP contribution in [0.4, 0.5) is 4.79 Å². The lowest BCUT2D eigenvalue weighted by atomic mass is 10.2. The summed E-state index contributed by atoms with van der Waals surface area (Å²) >= 11 is 5.83. The van der Waals surface area contributed by atoms with Gasteiger partial charge >= 0.3 is 6.09 Å². The largest absolute Gasteiger partial charge is 0.443 e. The molecule has 0 bridgehead atoms. The van der Waals surface area contributed by atoms with Gasteiger partial charge in [0.15, 0.2) is 5.70 Å². The SMILES string of the molecule is CC(C)(C)OC(=O)NN1CC=CC(Cl)=C1C#N. The molecule has 0 aromatic heterocycles. The third-order valence-corrected chi connectivity index (χ3v) is 2.08. The lowest BCUT2D eigenvalue weighted by Gasteiger charge is -2.27. The Bertz CT molecular complexity index is 415. The maximum absolute atomic E-state index is 11.5. The van der Waals surface area contributed by atoms with E-state index in [0.29, 0.717) is 6.54 Å². The summed E-state index contributed by atoms with van der Waals surface area (Å²) in [5, 5.41) is 10.5. The van der Waals surface area contributed by atoms with Crippen molar-refractivity contribution in [1.82, 2.24) is 10.4 Å². The molecule has 0 fully saturated rings. The van der Waals surface area contributed by atoms with E-state index in [4.69, 9.17) is 21.6 Å². The number of allylic oxidation sites excluding steroid dienone is 3. The van der Waals surface area contributed by atoms with Gasteiger partial charge in [-0.25, -0.2) is 10.2 Å². The molecule has 17 heavy (non-hydrogen) atoms. The maximum Gasteiger partial charge on any atom is 0.426 e. The monoisotopic (exact) mass is 255 g/mol. The number of amides is 1. The fourth-order valence-corrected chi connectivity index (χ4v) is 1.42. The van der Waals surface area contributed by atoms with Gasteiger partial charge in [0.05, 0.1) is 11.6 Å². The van der Waals surface area contributed by atoms with Crippen LogP contribution < -0.4 is 5.43 Å². The topological polar surface area (TPSA) is 65.4 Å². The van der Waals surface area contributed by atoms with Gasteiger partial charge in [0.2, 0.25) is 0 Å². The molecule has 0 radical (unpaired) electrons. The standard InChI is InChI=1S/C11H14ClN3O2/c1-11(2,3)17-10(16)14-15-6-4-5-8(12)9(15)7-13/h4-5H,6H2,1-3H3,(H,14,16). The van der Waals surface area contributed by atoms with Crippen molar-refractivity contribution in [1.29, 1.82) is 5.26 Å². The number of ether oxygens (including phenoxy) is 1. The van der Waals surface area contributed by atoms with Gasteiger partial charge in [-0.2, -0.15) is 5.26 Å². The van der Waals surface area contributed by atoms with Gasteiger partial charge in [-0.3, -0.25) is 5.01 Å². The van der Waals surface area contributed by atoms with Crippen LogP contribution in [0.1, 0.15) is 20.8 Å². The number of rotatable bonds is 1. The molecule has 0 unspecified atom stereocenters. The average Bonchev–Trinajstić information content (AvgIpc) is 2.14. The van der Waals surface area contributed by atoms with E-state index in [1.54, 1.807) is 32.9 Å². The maximum atomic E-state index is 11.5. The zero-order valence-corrected chi connectivity index (χ0v) is 10.7. The van der Waals surface area contributed by atoms with Crippen LogP contribution in [0.15, 0.2) is 22.9 Å². The van der Waals surface area contributed by atoms with E-state index in [2.05, 4.69) is 5.43 Å². The highest BCUT2D eigenvalue weighted by Gasteiger charge is 2.21. The highest BCUT2D eigenvalue weighted by Crippen LogP contribution is 2.18. The number of hydrogen-bond acceptors (Lipinski definition) is 4. The molecule has 0 spiro atoms. The molecular formula is C11H14ClN3O2. The number of carbonyl (C=O) groups excluding carboxylic acids is 1. The summed E-state index contributed by atoms with van der Waals surface area (Å²) in [6, 6.07) is 1.92. The minimum absolute atomic E-state index is 0.194. The van der Waals surface area contributed by atoms with Crippen LogP contribution in [0.5, 0.6) is 0 Å². The van der Waals surface area contributed by atoms with Crippen LogP contribution in [-0.4, -0.2) is 23.2 Å². The van der Waals surface area contributed by atoms with Crippen LogP contribution in [0, 0.1) is 11.3 Å². The van der Waals surface area contributed by atoms with E-state index < -0.39 is 11.7 Å². The van der Waals surface area contributed by atoms with Crippen molar-refractivity contribution >= 4 is 17.7 Å². The fraction of sp³-hybridized carbons (Fsp3) is 0.455. The van der Waals surface area contributed by atoms with Crippen molar-refractivity contribution in [2.45, 2.75) is 26.4 Å². The second kappa shape index (κ2) is 5.11. The number of carbonyl (C=O) groups is 1. The second-order valence-electron chi connectivity index (χ2n) is 4.44. The molecule has 1 heterocycles. The van der Waals surface area contributed by atoms with Crippen molar-refractivity contribution in [2.24, 2.45) is 0 Å². The van der Waals surface area contributed by atoms with Crippen LogP contribution in [0.2, 0.25) is 0 Å². The molecule has 0 aliphatic carbocycles. The Balaban J connectivity index is 2.68. The van der Waals surface area contributed by atoms with Crippen LogP contribution >= 0.6 is 11.6 Å². The number of nitrogens with one attached hydrogen (secondary N) is 1. The molecule has 1 rings (SSSR count). The molecule has 0 aromatic rings. The Labute approximate surface area is 105 Å². The lowest BCUT2D eigenvalue weighted by Crippen LogP contribution is -2.45. The van der Waals surface area contributed by atoms with E-state index in [9.17, 15) is 4.79 Å². The average molecular weight is 256 g/mol. The van der Waals surface area contributed by atoms with Crippen LogP contribution in [-0.2, 0) is 4.74 Å². The van der Waals surface area contributed by atoms with Gasteiger partial charge in [-0.1, -0.05) is 17.7 Å². The highest BCUT2D eigenvalue weighted by molar-refractivity contribution is 6.31. The molecule has 0 saturated heterocycles. The third kappa shape index (κ3) is 4.00. The summed E-state index contributed by atoms with van der Waals surface area (Å²) in [6.07, 6.45) is 2.73. The van der Waals surface area contributed by atoms with Gasteiger partial charge in [0.1, 0.15) is 11.7 Å². The second-order valence-corrected chi connectivity index (χ2v) is 4.84. The smallest absolute Gasteiger partial charge is 0.426 e. The van der Waals surface area contributed by atoms with E-state index in [0.717, 1.165) is 0 Å². The summed E-state index contributed by atoms with van der Waals surface area (Å²) < 4.78 is 5.08. The molecule has 1 amide bonds. The Hall–Kier alpha value is -1.67. The van der Waals surface area contributed by atoms with Crippen molar-refractivity contribution in [3.8, 4) is 6.07 Å². The first-order valence-electron chi connectivity index (χ1n) is 5.07. The first-order chi connectivity index (χ1) is 7.83. The Morgan fingerprint density at radius 2 is 2.29 bits per heavy atom. The molecule has 1 N–H and O–H groups in total. The van der Waals surface area contributed by atoms with Crippen molar-refractivity contribution < 1.29 is 9.53 Å². The van der Waals surface area contributed by atoms with Crippen LogP contribution in [0.3, 0.4) is 0 Å². The Morgan fingerprint density at radius 1 is 1.65 bits per heavy atom. The summed E-state index contributed by atoms with van der Waals surface area (Å²) in [7, 11) is 0. The lowest BCUT2D eigenvalue weighted by molar-refractivity contribution is 0.0395. The number of nitriles is 1. The fourth-order valence-electron chi connectivity index (χ4n) is 1.19. The minimum Gasteiger partial charge on any atom is -0.443 e. The van der Waals surface area contributed by atoms with E-state index in [-0.39, 0.29) is 10.7 Å². The Kier molecular flexibility index (Phi) is 4.02. The predicted octanol–water partition coefficient (Wildman–Crippen LogP) is 2.27. The molecule has 1 aliphatic rings. The zero-order chi connectivity index (χ0) is 13.1. The quantitative estimate of drug-likeness (QED) is 0.781. The normalized spacial score (nSPS) is 15.6.